The molecular formula is C16H15N3O5S. The predicted octanol–water partition coefficient (Wildman–Crippen LogP) is 2.79. The van der Waals surface area contributed by atoms with Crippen LogP contribution >= 0.6 is 12.2 Å². The molecule has 9 heteroatoms. The molecule has 2 aromatic rings. The first kappa shape index (κ1) is 18.1. The molecule has 2 rings (SSSR count). The number of ether oxygens (including phenoxy) is 1. The Morgan fingerprint density at radius 1 is 1.28 bits per heavy atom. The highest BCUT2D eigenvalue weighted by Crippen LogP contribution is 2.28. The number of carbonyl (C=O) groups is 1. The summed E-state index contributed by atoms with van der Waals surface area (Å²) in [5.41, 5.74) is 1.47. The van der Waals surface area contributed by atoms with E-state index in [9.17, 15) is 14.9 Å². The van der Waals surface area contributed by atoms with Crippen LogP contribution in [-0.4, -0.2) is 28.2 Å². The summed E-state index contributed by atoms with van der Waals surface area (Å²) in [6.45, 7) is 0.390. The van der Waals surface area contributed by atoms with Gasteiger partial charge in [0.2, 0.25) is 0 Å². The van der Waals surface area contributed by atoms with Gasteiger partial charge < -0.3 is 20.5 Å². The van der Waals surface area contributed by atoms with Crippen LogP contribution in [0.5, 0.6) is 5.75 Å². The van der Waals surface area contributed by atoms with E-state index in [2.05, 4.69) is 10.6 Å². The molecule has 8 nitrogen and oxygen atoms in total. The van der Waals surface area contributed by atoms with Gasteiger partial charge >= 0.3 is 5.97 Å². The zero-order valence-corrected chi connectivity index (χ0v) is 14.0. The number of thiocarbonyl (C=S) groups is 1. The first-order valence-electron chi connectivity index (χ1n) is 7.10. The van der Waals surface area contributed by atoms with Crippen LogP contribution in [0.25, 0.3) is 0 Å². The van der Waals surface area contributed by atoms with Gasteiger partial charge in [0.05, 0.1) is 29.4 Å². The van der Waals surface area contributed by atoms with E-state index in [0.29, 0.717) is 23.1 Å². The smallest absolute Gasteiger partial charge is 0.335 e. The first-order valence-corrected chi connectivity index (χ1v) is 7.51. The van der Waals surface area contributed by atoms with Crippen molar-refractivity contribution in [2.45, 2.75) is 6.54 Å². The van der Waals surface area contributed by atoms with Crippen LogP contribution in [0.15, 0.2) is 42.5 Å². The van der Waals surface area contributed by atoms with Gasteiger partial charge in [-0.15, -0.1) is 0 Å². The molecule has 0 saturated carbocycles. The summed E-state index contributed by atoms with van der Waals surface area (Å²) in [6, 6.07) is 10.5. The Bertz CT molecular complexity index is 808. The van der Waals surface area contributed by atoms with Crippen molar-refractivity contribution in [1.82, 2.24) is 5.32 Å². The van der Waals surface area contributed by atoms with Crippen molar-refractivity contribution in [3.8, 4) is 5.75 Å². The van der Waals surface area contributed by atoms with Crippen molar-refractivity contribution in [2.75, 3.05) is 12.4 Å². The van der Waals surface area contributed by atoms with Gasteiger partial charge in [-0.2, -0.15) is 0 Å². The lowest BCUT2D eigenvalue weighted by Gasteiger charge is -2.13. The number of hydrogen-bond donors (Lipinski definition) is 3. The molecule has 25 heavy (non-hydrogen) atoms. The van der Waals surface area contributed by atoms with Gasteiger partial charge in [-0.25, -0.2) is 4.79 Å². The molecular weight excluding hydrogens is 346 g/mol. The molecule has 0 unspecified atom stereocenters. The summed E-state index contributed by atoms with van der Waals surface area (Å²) in [6.07, 6.45) is 0. The molecule has 0 amide bonds. The lowest BCUT2D eigenvalue weighted by Crippen LogP contribution is -2.28. The van der Waals surface area contributed by atoms with E-state index in [1.54, 1.807) is 12.1 Å². The predicted molar refractivity (Wildman–Crippen MR) is 96.1 cm³/mol. The fourth-order valence-electron chi connectivity index (χ4n) is 2.01. The molecule has 0 bridgehead atoms. The molecule has 0 fully saturated rings. The number of carboxylic acid groups (broad SMARTS) is 1. The quantitative estimate of drug-likeness (QED) is 0.409. The van der Waals surface area contributed by atoms with Crippen LogP contribution in [-0.2, 0) is 6.54 Å². The number of non-ortho nitro benzene ring substituents is 1. The number of benzene rings is 2. The van der Waals surface area contributed by atoms with Crippen molar-refractivity contribution in [3.63, 3.8) is 0 Å². The minimum Gasteiger partial charge on any atom is -0.494 e. The number of nitrogens with one attached hydrogen (secondary N) is 2. The van der Waals surface area contributed by atoms with E-state index < -0.39 is 10.9 Å². The maximum atomic E-state index is 10.8. The monoisotopic (exact) mass is 361 g/mol. The molecule has 0 aliphatic rings. The maximum Gasteiger partial charge on any atom is 0.335 e. The highest BCUT2D eigenvalue weighted by molar-refractivity contribution is 7.80. The van der Waals surface area contributed by atoms with Gasteiger partial charge in [-0.05, 0) is 36.0 Å². The average molecular weight is 361 g/mol. The van der Waals surface area contributed by atoms with Crippen LogP contribution in [0.4, 0.5) is 11.4 Å². The highest BCUT2D eigenvalue weighted by Gasteiger charge is 2.12. The lowest BCUT2D eigenvalue weighted by atomic mass is 10.1. The van der Waals surface area contributed by atoms with Gasteiger partial charge in [-0.1, -0.05) is 12.1 Å². The Labute approximate surface area is 148 Å². The fraction of sp³-hybridized carbons (Fsp3) is 0.125. The van der Waals surface area contributed by atoms with Crippen molar-refractivity contribution in [2.24, 2.45) is 0 Å². The van der Waals surface area contributed by atoms with E-state index in [0.717, 1.165) is 5.56 Å². The Hall–Kier alpha value is -3.20. The Morgan fingerprint density at radius 2 is 1.96 bits per heavy atom. The number of aromatic carboxylic acids is 1. The van der Waals surface area contributed by atoms with E-state index >= 15 is 0 Å². The van der Waals surface area contributed by atoms with Gasteiger partial charge in [0, 0.05) is 12.6 Å². The summed E-state index contributed by atoms with van der Waals surface area (Å²) in [5.74, 6) is -0.689. The van der Waals surface area contributed by atoms with Crippen LogP contribution in [0.2, 0.25) is 0 Å². The lowest BCUT2D eigenvalue weighted by molar-refractivity contribution is -0.384. The van der Waals surface area contributed by atoms with Crippen LogP contribution in [0, 0.1) is 10.1 Å². The fourth-order valence-corrected chi connectivity index (χ4v) is 2.19. The molecule has 0 aliphatic carbocycles. The zero-order chi connectivity index (χ0) is 18.4. The van der Waals surface area contributed by atoms with Crippen molar-refractivity contribution in [3.05, 3.63) is 63.7 Å². The average Bonchev–Trinajstić information content (AvgIpc) is 2.60. The molecule has 2 aromatic carbocycles. The molecule has 0 aliphatic heterocycles. The summed E-state index contributed by atoms with van der Waals surface area (Å²) in [5, 5.41) is 25.8. The summed E-state index contributed by atoms with van der Waals surface area (Å²) in [4.78, 5) is 21.1. The summed E-state index contributed by atoms with van der Waals surface area (Å²) < 4.78 is 5.13. The van der Waals surface area contributed by atoms with E-state index in [1.165, 1.54) is 37.4 Å². The zero-order valence-electron chi connectivity index (χ0n) is 13.2. The second-order valence-corrected chi connectivity index (χ2v) is 5.36. The number of hydrogen-bond acceptors (Lipinski definition) is 5. The number of anilines is 1. The standard InChI is InChI=1S/C16H15N3O5S/c1-24-14-8-12(19(22)23)6-7-13(14)18-16(25)17-9-10-2-4-11(5-3-10)15(20)21/h2-8H,9H2,1H3,(H,20,21)(H2,17,18,25). The topological polar surface area (TPSA) is 114 Å². The number of nitrogens with zero attached hydrogens (tertiary/aromatic N) is 1. The number of nitro benzene ring substituents is 1. The Balaban J connectivity index is 1.98. The van der Waals surface area contributed by atoms with Crippen LogP contribution < -0.4 is 15.4 Å². The molecule has 0 heterocycles. The molecule has 0 spiro atoms. The second kappa shape index (κ2) is 8.06. The minimum atomic E-state index is -0.984. The first-order chi connectivity index (χ1) is 11.9. The number of carboxylic acids is 1. The van der Waals surface area contributed by atoms with E-state index in [4.69, 9.17) is 22.1 Å². The summed E-state index contributed by atoms with van der Waals surface area (Å²) in [7, 11) is 1.41. The maximum absolute atomic E-state index is 10.8. The highest BCUT2D eigenvalue weighted by atomic mass is 32.1. The third-order valence-corrected chi connectivity index (χ3v) is 3.54. The molecule has 0 radical (unpaired) electrons. The molecule has 0 saturated heterocycles. The number of rotatable bonds is 6. The van der Waals surface area contributed by atoms with Crippen LogP contribution in [0.1, 0.15) is 15.9 Å². The van der Waals surface area contributed by atoms with Crippen molar-refractivity contribution in [1.29, 1.82) is 0 Å². The molecule has 3 N–H and O–H groups in total. The Kier molecular flexibility index (Phi) is 5.85. The van der Waals surface area contributed by atoms with E-state index in [-0.39, 0.29) is 11.3 Å². The third kappa shape index (κ3) is 4.88. The number of methoxy groups -OCH3 is 1. The summed E-state index contributed by atoms with van der Waals surface area (Å²) >= 11 is 5.19. The molecule has 0 atom stereocenters. The van der Waals surface area contributed by atoms with Gasteiger partial charge in [-0.3, -0.25) is 10.1 Å². The van der Waals surface area contributed by atoms with Gasteiger partial charge in [0.15, 0.2) is 5.11 Å². The van der Waals surface area contributed by atoms with Gasteiger partial charge in [0.25, 0.3) is 5.69 Å². The second-order valence-electron chi connectivity index (χ2n) is 4.95. The number of nitro groups is 1. The largest absolute Gasteiger partial charge is 0.494 e. The van der Waals surface area contributed by atoms with Crippen molar-refractivity contribution < 1.29 is 19.6 Å². The normalized spacial score (nSPS) is 9.96. The van der Waals surface area contributed by atoms with Gasteiger partial charge in [0.1, 0.15) is 5.75 Å². The minimum absolute atomic E-state index is 0.0835. The molecule has 130 valence electrons. The Morgan fingerprint density at radius 3 is 2.52 bits per heavy atom. The molecule has 0 aromatic heterocycles. The van der Waals surface area contributed by atoms with Crippen molar-refractivity contribution >= 4 is 34.7 Å². The SMILES string of the molecule is COc1cc([N+](=O)[O-])ccc1NC(=S)NCc1ccc(C(=O)O)cc1. The van der Waals surface area contributed by atoms with E-state index in [1.807, 2.05) is 0 Å². The van der Waals surface area contributed by atoms with Crippen LogP contribution in [0.3, 0.4) is 0 Å². The third-order valence-electron chi connectivity index (χ3n) is 3.30.